The Morgan fingerprint density at radius 1 is 1.18 bits per heavy atom. The number of nitrogens with zero attached hydrogens (tertiary/aromatic N) is 4. The maximum absolute atomic E-state index is 12.8. The molecule has 0 saturated heterocycles. The number of hydrogen-bond donors (Lipinski definition) is 1. The van der Waals surface area contributed by atoms with Crippen molar-refractivity contribution >= 4 is 17.1 Å². The Labute approximate surface area is 158 Å². The third-order valence-corrected chi connectivity index (χ3v) is 4.43. The maximum atomic E-state index is 12.8. The number of phenolic OH excluding ortho intramolecular Hbond substituents is 1. The van der Waals surface area contributed by atoms with E-state index in [2.05, 4.69) is 10.1 Å². The van der Waals surface area contributed by atoms with Crippen molar-refractivity contribution in [3.63, 3.8) is 0 Å². The van der Waals surface area contributed by atoms with Crippen LogP contribution in [0.15, 0.2) is 60.9 Å². The number of carbonyl (C=O) groups is 1. The van der Waals surface area contributed by atoms with Crippen molar-refractivity contribution in [3.05, 3.63) is 87.7 Å². The molecule has 0 amide bonds. The first-order valence-corrected chi connectivity index (χ1v) is 8.37. The zero-order chi connectivity index (χ0) is 19.8. The molecular formula is C20H14N4O4. The molecule has 0 saturated carbocycles. The molecule has 2 aromatic heterocycles. The van der Waals surface area contributed by atoms with Crippen LogP contribution in [-0.2, 0) is 0 Å². The number of ketones is 1. The molecule has 138 valence electrons. The first kappa shape index (κ1) is 17.3. The SMILES string of the molecule is Cc1ccccc1-c1cc2ncc(C(=O)c3cc([N+](=O)[O-])ccc3O)cn2n1. The van der Waals surface area contributed by atoms with Crippen LogP contribution in [0.2, 0.25) is 0 Å². The Bertz CT molecular complexity index is 1250. The van der Waals surface area contributed by atoms with E-state index in [0.717, 1.165) is 29.3 Å². The molecule has 0 fully saturated rings. The van der Waals surface area contributed by atoms with Gasteiger partial charge in [-0.3, -0.25) is 14.9 Å². The molecule has 0 aliphatic rings. The zero-order valence-electron chi connectivity index (χ0n) is 14.7. The van der Waals surface area contributed by atoms with E-state index in [9.17, 15) is 20.0 Å². The monoisotopic (exact) mass is 374 g/mol. The van der Waals surface area contributed by atoms with E-state index < -0.39 is 10.7 Å². The molecular weight excluding hydrogens is 360 g/mol. The van der Waals surface area contributed by atoms with Gasteiger partial charge in [0.2, 0.25) is 0 Å². The summed E-state index contributed by atoms with van der Waals surface area (Å²) in [7, 11) is 0. The molecule has 2 aromatic carbocycles. The van der Waals surface area contributed by atoms with Crippen LogP contribution in [-0.4, -0.2) is 30.4 Å². The molecule has 2 heterocycles. The standard InChI is InChI=1S/C20H14N4O4/c1-12-4-2-3-5-15(12)17-9-19-21-10-13(11-23(19)22-17)20(26)16-8-14(24(27)28)6-7-18(16)25/h2-11,25H,1H3. The molecule has 28 heavy (non-hydrogen) atoms. The summed E-state index contributed by atoms with van der Waals surface area (Å²) in [6.07, 6.45) is 2.85. The predicted octanol–water partition coefficient (Wildman–Crippen LogP) is 3.55. The topological polar surface area (TPSA) is 111 Å². The second-order valence-electron chi connectivity index (χ2n) is 6.28. The van der Waals surface area contributed by atoms with E-state index in [4.69, 9.17) is 0 Å². The van der Waals surface area contributed by atoms with Crippen molar-refractivity contribution in [1.82, 2.24) is 14.6 Å². The van der Waals surface area contributed by atoms with Gasteiger partial charge in [0.1, 0.15) is 5.75 Å². The Balaban J connectivity index is 1.76. The third-order valence-electron chi connectivity index (χ3n) is 4.43. The molecule has 8 heteroatoms. The van der Waals surface area contributed by atoms with Gasteiger partial charge in [-0.05, 0) is 18.6 Å². The number of fused-ring (bicyclic) bond motifs is 1. The maximum Gasteiger partial charge on any atom is 0.270 e. The van der Waals surface area contributed by atoms with Crippen LogP contribution in [0.25, 0.3) is 16.9 Å². The highest BCUT2D eigenvalue weighted by Crippen LogP contribution is 2.26. The lowest BCUT2D eigenvalue weighted by Crippen LogP contribution is -2.05. The van der Waals surface area contributed by atoms with E-state index in [0.29, 0.717) is 11.3 Å². The van der Waals surface area contributed by atoms with Gasteiger partial charge in [0.15, 0.2) is 11.4 Å². The van der Waals surface area contributed by atoms with Crippen LogP contribution in [0.4, 0.5) is 5.69 Å². The lowest BCUT2D eigenvalue weighted by Gasteiger charge is -2.04. The van der Waals surface area contributed by atoms with Crippen molar-refractivity contribution in [2.24, 2.45) is 0 Å². The van der Waals surface area contributed by atoms with Gasteiger partial charge in [0, 0.05) is 36.2 Å². The van der Waals surface area contributed by atoms with Crippen molar-refractivity contribution in [1.29, 1.82) is 0 Å². The fourth-order valence-corrected chi connectivity index (χ4v) is 2.96. The molecule has 0 aliphatic carbocycles. The molecule has 0 unspecified atom stereocenters. The molecule has 4 aromatic rings. The summed E-state index contributed by atoms with van der Waals surface area (Å²) in [5, 5.41) is 25.4. The molecule has 0 aliphatic heterocycles. The summed E-state index contributed by atoms with van der Waals surface area (Å²) >= 11 is 0. The average molecular weight is 374 g/mol. The summed E-state index contributed by atoms with van der Waals surface area (Å²) in [6, 6.07) is 12.9. The van der Waals surface area contributed by atoms with E-state index in [-0.39, 0.29) is 22.6 Å². The quantitative estimate of drug-likeness (QED) is 0.332. The van der Waals surface area contributed by atoms with Crippen LogP contribution >= 0.6 is 0 Å². The van der Waals surface area contributed by atoms with E-state index in [1.807, 2.05) is 31.2 Å². The fraction of sp³-hybridized carbons (Fsp3) is 0.0500. The molecule has 0 radical (unpaired) electrons. The number of nitro benzene ring substituents is 1. The number of nitro groups is 1. The summed E-state index contributed by atoms with van der Waals surface area (Å²) in [6.45, 7) is 1.98. The highest BCUT2D eigenvalue weighted by atomic mass is 16.6. The second kappa shape index (κ2) is 6.58. The number of non-ortho nitro benzene ring substituents is 1. The van der Waals surface area contributed by atoms with Crippen molar-refractivity contribution in [2.75, 3.05) is 0 Å². The molecule has 8 nitrogen and oxygen atoms in total. The zero-order valence-corrected chi connectivity index (χ0v) is 14.7. The molecule has 0 atom stereocenters. The minimum Gasteiger partial charge on any atom is -0.507 e. The number of aryl methyl sites for hydroxylation is 1. The Hall–Kier alpha value is -4.07. The Kier molecular flexibility index (Phi) is 4.08. The first-order valence-electron chi connectivity index (χ1n) is 8.37. The highest BCUT2D eigenvalue weighted by Gasteiger charge is 2.19. The summed E-state index contributed by atoms with van der Waals surface area (Å²) in [4.78, 5) is 27.3. The first-order chi connectivity index (χ1) is 13.4. The minimum atomic E-state index is -0.625. The summed E-state index contributed by atoms with van der Waals surface area (Å²) < 4.78 is 1.48. The van der Waals surface area contributed by atoms with Crippen molar-refractivity contribution < 1.29 is 14.8 Å². The molecule has 1 N–H and O–H groups in total. The largest absolute Gasteiger partial charge is 0.507 e. The van der Waals surface area contributed by atoms with Gasteiger partial charge >= 0.3 is 0 Å². The Morgan fingerprint density at radius 2 is 1.96 bits per heavy atom. The minimum absolute atomic E-state index is 0.155. The Morgan fingerprint density at radius 3 is 2.71 bits per heavy atom. The number of aromatic hydroxyl groups is 1. The lowest BCUT2D eigenvalue weighted by atomic mass is 10.0. The normalized spacial score (nSPS) is 10.9. The number of rotatable bonds is 4. The highest BCUT2D eigenvalue weighted by molar-refractivity contribution is 6.10. The van der Waals surface area contributed by atoms with Crippen LogP contribution in [0.5, 0.6) is 5.75 Å². The number of hydrogen-bond acceptors (Lipinski definition) is 6. The summed E-state index contributed by atoms with van der Waals surface area (Å²) in [5.41, 5.74) is 2.99. The predicted molar refractivity (Wildman–Crippen MR) is 101 cm³/mol. The van der Waals surface area contributed by atoms with Crippen molar-refractivity contribution in [3.8, 4) is 17.0 Å². The van der Waals surface area contributed by atoms with E-state index >= 15 is 0 Å². The van der Waals surface area contributed by atoms with Gasteiger partial charge in [0.25, 0.3) is 5.69 Å². The van der Waals surface area contributed by atoms with Gasteiger partial charge in [-0.15, -0.1) is 0 Å². The number of aromatic nitrogens is 3. The van der Waals surface area contributed by atoms with Crippen LogP contribution in [0, 0.1) is 17.0 Å². The molecule has 0 spiro atoms. The fourth-order valence-electron chi connectivity index (χ4n) is 2.96. The number of phenols is 1. The van der Waals surface area contributed by atoms with Gasteiger partial charge in [-0.1, -0.05) is 24.3 Å². The summed E-state index contributed by atoms with van der Waals surface area (Å²) in [5.74, 6) is -0.916. The van der Waals surface area contributed by atoms with Crippen LogP contribution < -0.4 is 0 Å². The third kappa shape index (κ3) is 2.96. The van der Waals surface area contributed by atoms with Gasteiger partial charge in [-0.25, -0.2) is 9.50 Å². The number of carbonyl (C=O) groups excluding carboxylic acids is 1. The molecule has 0 bridgehead atoms. The van der Waals surface area contributed by atoms with E-state index in [1.54, 1.807) is 6.07 Å². The lowest BCUT2D eigenvalue weighted by molar-refractivity contribution is -0.384. The van der Waals surface area contributed by atoms with E-state index in [1.165, 1.54) is 16.9 Å². The number of benzene rings is 2. The second-order valence-corrected chi connectivity index (χ2v) is 6.28. The average Bonchev–Trinajstić information content (AvgIpc) is 3.11. The van der Waals surface area contributed by atoms with Crippen molar-refractivity contribution in [2.45, 2.75) is 6.92 Å². The van der Waals surface area contributed by atoms with Gasteiger partial charge in [0.05, 0.1) is 21.7 Å². The van der Waals surface area contributed by atoms with Crippen LogP contribution in [0.3, 0.4) is 0 Å². The van der Waals surface area contributed by atoms with Gasteiger partial charge in [-0.2, -0.15) is 5.10 Å². The van der Waals surface area contributed by atoms with Crippen LogP contribution in [0.1, 0.15) is 21.5 Å². The smallest absolute Gasteiger partial charge is 0.270 e. The van der Waals surface area contributed by atoms with Gasteiger partial charge < -0.3 is 5.11 Å². The molecule has 4 rings (SSSR count).